The van der Waals surface area contributed by atoms with E-state index in [1.54, 1.807) is 25.4 Å². The number of aliphatic hydroxyl groups excluding tert-OH is 1. The molecule has 0 radical (unpaired) electrons. The van der Waals surface area contributed by atoms with Gasteiger partial charge in [0.1, 0.15) is 5.56 Å². The molecular weight excluding hydrogens is 344 g/mol. The van der Waals surface area contributed by atoms with Gasteiger partial charge in [0.25, 0.3) is 5.91 Å². The third-order valence-electron chi connectivity index (χ3n) is 5.92. The Labute approximate surface area is 161 Å². The number of amides is 1. The van der Waals surface area contributed by atoms with E-state index in [1.807, 2.05) is 4.90 Å². The molecule has 3 rings (SSSR count). The summed E-state index contributed by atoms with van der Waals surface area (Å²) in [6, 6.07) is 4.05. The summed E-state index contributed by atoms with van der Waals surface area (Å²) in [5.41, 5.74) is 0.527. The smallest absolute Gasteiger partial charge is 0.259 e. The van der Waals surface area contributed by atoms with Crippen molar-refractivity contribution in [1.29, 1.82) is 0 Å². The van der Waals surface area contributed by atoms with E-state index in [0.29, 0.717) is 23.4 Å². The van der Waals surface area contributed by atoms with Crippen molar-refractivity contribution >= 4 is 5.91 Å². The maximum Gasteiger partial charge on any atom is 0.259 e. The highest BCUT2D eigenvalue weighted by atomic mass is 16.5. The van der Waals surface area contributed by atoms with Gasteiger partial charge in [-0.3, -0.25) is 9.69 Å². The van der Waals surface area contributed by atoms with Crippen molar-refractivity contribution in [2.24, 2.45) is 5.92 Å². The Morgan fingerprint density at radius 2 is 2.07 bits per heavy atom. The molecule has 3 heterocycles. The van der Waals surface area contributed by atoms with Crippen LogP contribution in [0.25, 0.3) is 0 Å². The van der Waals surface area contributed by atoms with Crippen LogP contribution in [0.4, 0.5) is 0 Å². The van der Waals surface area contributed by atoms with E-state index >= 15 is 0 Å². The Balaban J connectivity index is 1.70. The maximum absolute atomic E-state index is 13.1. The van der Waals surface area contributed by atoms with Crippen LogP contribution in [0.5, 0.6) is 5.88 Å². The summed E-state index contributed by atoms with van der Waals surface area (Å²) in [5.74, 6) is 0.766. The molecule has 0 unspecified atom stereocenters. The number of hydrogen-bond acceptors (Lipinski definition) is 6. The summed E-state index contributed by atoms with van der Waals surface area (Å²) in [4.78, 5) is 24.1. The highest BCUT2D eigenvalue weighted by Gasteiger charge is 2.36. The molecule has 0 saturated carbocycles. The van der Waals surface area contributed by atoms with Crippen molar-refractivity contribution in [1.82, 2.24) is 19.7 Å². The number of piperidine rings is 1. The Kier molecular flexibility index (Phi) is 7.04. The summed E-state index contributed by atoms with van der Waals surface area (Å²) >= 11 is 0. The number of carbonyl (C=O) groups excluding carboxylic acids is 1. The molecule has 27 heavy (non-hydrogen) atoms. The second kappa shape index (κ2) is 9.48. The van der Waals surface area contributed by atoms with E-state index in [4.69, 9.17) is 4.74 Å². The van der Waals surface area contributed by atoms with Crippen LogP contribution >= 0.6 is 0 Å². The minimum absolute atomic E-state index is 0.00854. The Morgan fingerprint density at radius 1 is 1.30 bits per heavy atom. The predicted octanol–water partition coefficient (Wildman–Crippen LogP) is 0.941. The van der Waals surface area contributed by atoms with Crippen LogP contribution in [0.1, 0.15) is 29.6 Å². The van der Waals surface area contributed by atoms with Gasteiger partial charge in [0, 0.05) is 58.1 Å². The first-order chi connectivity index (χ1) is 13.1. The summed E-state index contributed by atoms with van der Waals surface area (Å²) in [6.07, 6.45) is 4.35. The van der Waals surface area contributed by atoms with Gasteiger partial charge in [-0.15, -0.1) is 0 Å². The number of nitrogens with zero attached hydrogens (tertiary/aromatic N) is 4. The van der Waals surface area contributed by atoms with Crippen LogP contribution in [0, 0.1) is 5.92 Å². The molecule has 1 amide bonds. The molecule has 0 bridgehead atoms. The number of methoxy groups -OCH3 is 1. The minimum Gasteiger partial charge on any atom is -0.480 e. The largest absolute Gasteiger partial charge is 0.480 e. The lowest BCUT2D eigenvalue weighted by Crippen LogP contribution is -2.57. The number of hydrogen-bond donors (Lipinski definition) is 1. The summed E-state index contributed by atoms with van der Waals surface area (Å²) < 4.78 is 5.27. The molecule has 2 aliphatic heterocycles. The van der Waals surface area contributed by atoms with Gasteiger partial charge in [-0.25, -0.2) is 4.98 Å². The lowest BCUT2D eigenvalue weighted by atomic mass is 9.86. The van der Waals surface area contributed by atoms with Gasteiger partial charge < -0.3 is 19.6 Å². The maximum atomic E-state index is 13.1. The Hall–Kier alpha value is -1.70. The molecule has 1 aromatic heterocycles. The number of carbonyl (C=O) groups is 1. The molecule has 2 saturated heterocycles. The van der Waals surface area contributed by atoms with Crippen molar-refractivity contribution in [3.63, 3.8) is 0 Å². The van der Waals surface area contributed by atoms with Gasteiger partial charge in [-0.2, -0.15) is 0 Å². The molecule has 7 heteroatoms. The van der Waals surface area contributed by atoms with Crippen LogP contribution in [0.3, 0.4) is 0 Å². The molecule has 2 aliphatic rings. The molecule has 2 fully saturated rings. The van der Waals surface area contributed by atoms with Crippen LogP contribution in [0.15, 0.2) is 18.3 Å². The number of piperazine rings is 1. The second-order valence-electron chi connectivity index (χ2n) is 7.63. The van der Waals surface area contributed by atoms with E-state index in [-0.39, 0.29) is 12.5 Å². The monoisotopic (exact) mass is 376 g/mol. The molecule has 0 aromatic carbocycles. The number of aromatic nitrogens is 1. The number of likely N-dealkylation sites (tertiary alicyclic amines) is 1. The van der Waals surface area contributed by atoms with E-state index < -0.39 is 0 Å². The van der Waals surface area contributed by atoms with Crippen LogP contribution in [-0.2, 0) is 0 Å². The van der Waals surface area contributed by atoms with Crippen LogP contribution < -0.4 is 4.74 Å². The number of ether oxygens (including phenoxy) is 1. The Morgan fingerprint density at radius 3 is 2.78 bits per heavy atom. The highest BCUT2D eigenvalue weighted by molar-refractivity contribution is 5.96. The number of rotatable bonds is 6. The summed E-state index contributed by atoms with van der Waals surface area (Å²) in [6.45, 7) is 6.05. The predicted molar refractivity (Wildman–Crippen MR) is 104 cm³/mol. The first kappa shape index (κ1) is 20.0. The van der Waals surface area contributed by atoms with Crippen LogP contribution in [-0.4, -0.2) is 96.8 Å². The van der Waals surface area contributed by atoms with Crippen molar-refractivity contribution in [2.45, 2.75) is 25.3 Å². The van der Waals surface area contributed by atoms with Crippen molar-refractivity contribution in [3.05, 3.63) is 23.9 Å². The van der Waals surface area contributed by atoms with Crippen molar-refractivity contribution < 1.29 is 14.6 Å². The van der Waals surface area contributed by atoms with Gasteiger partial charge in [-0.05, 0) is 44.4 Å². The molecule has 1 N–H and O–H groups in total. The zero-order chi connectivity index (χ0) is 19.2. The van der Waals surface area contributed by atoms with Gasteiger partial charge in [0.15, 0.2) is 0 Å². The van der Waals surface area contributed by atoms with E-state index in [9.17, 15) is 9.90 Å². The molecule has 1 aromatic rings. The van der Waals surface area contributed by atoms with Gasteiger partial charge in [0.2, 0.25) is 5.88 Å². The highest BCUT2D eigenvalue weighted by Crippen LogP contribution is 2.29. The molecule has 150 valence electrons. The third kappa shape index (κ3) is 4.78. The number of likely N-dealkylation sites (N-methyl/N-ethyl adjacent to an activating group) is 1. The fourth-order valence-electron chi connectivity index (χ4n) is 4.36. The number of pyridine rings is 1. The lowest BCUT2D eigenvalue weighted by Gasteiger charge is -2.46. The average molecular weight is 377 g/mol. The van der Waals surface area contributed by atoms with Gasteiger partial charge in [-0.1, -0.05) is 0 Å². The minimum atomic E-state index is -0.00854. The normalized spacial score (nSPS) is 24.8. The third-order valence-corrected chi connectivity index (χ3v) is 5.92. The van der Waals surface area contributed by atoms with E-state index in [1.165, 1.54) is 0 Å². The fourth-order valence-corrected chi connectivity index (χ4v) is 4.36. The quantitative estimate of drug-likeness (QED) is 0.797. The molecule has 7 nitrogen and oxygen atoms in total. The standard InChI is InChI=1S/C20H32N4O3/c1-22-10-12-23(13-11-22)18-7-9-24(15-16(18)5-4-14-25)20(26)17-6-3-8-21-19(17)27-2/h3,6,8,16,18,25H,4-5,7,9-15H2,1-2H3/t16-,18+/m1/s1. The molecular formula is C20H32N4O3. The molecule has 2 atom stereocenters. The van der Waals surface area contributed by atoms with E-state index in [2.05, 4.69) is 21.8 Å². The molecule has 0 aliphatic carbocycles. The number of aliphatic hydroxyl groups is 1. The lowest BCUT2D eigenvalue weighted by molar-refractivity contribution is 0.0216. The SMILES string of the molecule is COc1ncccc1C(=O)N1CC[C@H](N2CCN(C)CC2)[C@H](CCCO)C1. The summed E-state index contributed by atoms with van der Waals surface area (Å²) in [5, 5.41) is 9.32. The van der Waals surface area contributed by atoms with Gasteiger partial charge >= 0.3 is 0 Å². The first-order valence-corrected chi connectivity index (χ1v) is 9.95. The topological polar surface area (TPSA) is 69.1 Å². The zero-order valence-electron chi connectivity index (χ0n) is 16.5. The summed E-state index contributed by atoms with van der Waals surface area (Å²) in [7, 11) is 3.71. The fraction of sp³-hybridized carbons (Fsp3) is 0.700. The molecule has 0 spiro atoms. The first-order valence-electron chi connectivity index (χ1n) is 9.95. The Bertz CT molecular complexity index is 619. The van der Waals surface area contributed by atoms with Crippen LogP contribution in [0.2, 0.25) is 0 Å². The van der Waals surface area contributed by atoms with Gasteiger partial charge in [0.05, 0.1) is 7.11 Å². The van der Waals surface area contributed by atoms with Crippen molar-refractivity contribution in [3.8, 4) is 5.88 Å². The second-order valence-corrected chi connectivity index (χ2v) is 7.63. The van der Waals surface area contributed by atoms with E-state index in [0.717, 1.165) is 58.5 Å². The zero-order valence-corrected chi connectivity index (χ0v) is 16.5. The van der Waals surface area contributed by atoms with Crippen molar-refractivity contribution in [2.75, 3.05) is 60.0 Å². The average Bonchev–Trinajstić information content (AvgIpc) is 2.72.